The van der Waals surface area contributed by atoms with Crippen LogP contribution in [0.2, 0.25) is 0 Å². The fourth-order valence-electron chi connectivity index (χ4n) is 2.51. The molecule has 1 atom stereocenters. The molecule has 0 aromatic heterocycles. The Kier molecular flexibility index (Phi) is 10.0. The fourth-order valence-corrected chi connectivity index (χ4v) is 2.51. The maximum Gasteiger partial charge on any atom is 0.407 e. The van der Waals surface area contributed by atoms with Crippen molar-refractivity contribution in [3.63, 3.8) is 0 Å². The smallest absolute Gasteiger partial charge is 0.407 e. The number of hydrogen-bond acceptors (Lipinski definition) is 6. The van der Waals surface area contributed by atoms with E-state index in [4.69, 9.17) is 14.9 Å². The van der Waals surface area contributed by atoms with Gasteiger partial charge in [0.05, 0.1) is 13.1 Å². The second kappa shape index (κ2) is 12.3. The van der Waals surface area contributed by atoms with E-state index in [-0.39, 0.29) is 19.6 Å². The first-order valence-electron chi connectivity index (χ1n) is 8.64. The van der Waals surface area contributed by atoms with Gasteiger partial charge in [-0.15, -0.1) is 0 Å². The molecule has 0 spiro atoms. The minimum atomic E-state index is -1.31. The number of aliphatic carboxylic acids is 3. The molecule has 154 valence electrons. The van der Waals surface area contributed by atoms with Crippen molar-refractivity contribution in [2.75, 3.05) is 19.6 Å². The summed E-state index contributed by atoms with van der Waals surface area (Å²) in [6, 6.07) is 7.90. The second-order valence-electron chi connectivity index (χ2n) is 6.03. The lowest BCUT2D eigenvalue weighted by Gasteiger charge is -2.25. The Morgan fingerprint density at radius 2 is 1.57 bits per heavy atom. The van der Waals surface area contributed by atoms with E-state index in [9.17, 15) is 24.3 Å². The average Bonchev–Trinajstić information content (AvgIpc) is 2.62. The summed E-state index contributed by atoms with van der Waals surface area (Å²) >= 11 is 0. The molecule has 1 unspecified atom stereocenters. The summed E-state index contributed by atoms with van der Waals surface area (Å²) in [4.78, 5) is 45.6. The minimum Gasteiger partial charge on any atom is -0.480 e. The SMILES string of the molecule is O=C(O)CN(CC(=O)O)C(CCCCNC(=O)OCc1ccccc1)C(=O)O. The molecular weight excluding hydrogens is 372 g/mol. The molecule has 0 radical (unpaired) electrons. The molecule has 1 aromatic rings. The molecule has 4 N–H and O–H groups in total. The van der Waals surface area contributed by atoms with Crippen LogP contribution in [0.3, 0.4) is 0 Å². The molecule has 0 heterocycles. The molecular formula is C18H24N2O8. The number of carboxylic acids is 3. The Morgan fingerprint density at radius 3 is 2.11 bits per heavy atom. The van der Waals surface area contributed by atoms with Crippen LogP contribution in [0.5, 0.6) is 0 Å². The van der Waals surface area contributed by atoms with Gasteiger partial charge in [0.25, 0.3) is 0 Å². The predicted octanol–water partition coefficient (Wildman–Crippen LogP) is 1.01. The number of carbonyl (C=O) groups is 4. The quantitative estimate of drug-likeness (QED) is 0.358. The molecule has 0 aliphatic rings. The second-order valence-corrected chi connectivity index (χ2v) is 6.03. The lowest BCUT2D eigenvalue weighted by atomic mass is 10.1. The maximum atomic E-state index is 11.6. The highest BCUT2D eigenvalue weighted by atomic mass is 16.5. The minimum absolute atomic E-state index is 0.0522. The summed E-state index contributed by atoms with van der Waals surface area (Å²) in [6.07, 6.45) is 0.234. The number of amides is 1. The topological polar surface area (TPSA) is 153 Å². The molecule has 0 fully saturated rings. The summed E-state index contributed by atoms with van der Waals surface area (Å²) in [7, 11) is 0. The zero-order valence-corrected chi connectivity index (χ0v) is 15.2. The number of rotatable bonds is 13. The maximum absolute atomic E-state index is 11.6. The normalized spacial score (nSPS) is 11.6. The van der Waals surface area contributed by atoms with Crippen LogP contribution >= 0.6 is 0 Å². The third-order valence-electron chi connectivity index (χ3n) is 3.79. The fraction of sp³-hybridized carbons (Fsp3) is 0.444. The Bertz CT molecular complexity index is 649. The van der Waals surface area contributed by atoms with E-state index in [2.05, 4.69) is 5.32 Å². The summed E-state index contributed by atoms with van der Waals surface area (Å²) in [6.45, 7) is -0.994. The molecule has 1 rings (SSSR count). The monoisotopic (exact) mass is 396 g/mol. The van der Waals surface area contributed by atoms with Crippen molar-refractivity contribution in [1.82, 2.24) is 10.2 Å². The summed E-state index contributed by atoms with van der Waals surface area (Å²) in [5, 5.41) is 29.5. The lowest BCUT2D eigenvalue weighted by Crippen LogP contribution is -2.46. The Balaban J connectivity index is 2.35. The van der Waals surface area contributed by atoms with Crippen molar-refractivity contribution < 1.29 is 39.2 Å². The first kappa shape index (κ1) is 22.9. The molecule has 1 amide bonds. The van der Waals surface area contributed by atoms with Crippen LogP contribution in [0.15, 0.2) is 30.3 Å². The van der Waals surface area contributed by atoms with E-state index in [1.807, 2.05) is 30.3 Å². The van der Waals surface area contributed by atoms with E-state index in [1.165, 1.54) is 0 Å². The van der Waals surface area contributed by atoms with Gasteiger partial charge in [0.2, 0.25) is 0 Å². The Hall–Kier alpha value is -3.14. The van der Waals surface area contributed by atoms with Gasteiger partial charge < -0.3 is 25.4 Å². The van der Waals surface area contributed by atoms with Gasteiger partial charge in [-0.05, 0) is 24.8 Å². The van der Waals surface area contributed by atoms with Crippen molar-refractivity contribution in [1.29, 1.82) is 0 Å². The standard InChI is InChI=1S/C18H24N2O8/c21-15(22)10-20(11-16(23)24)14(17(25)26)8-4-5-9-19-18(27)28-12-13-6-2-1-3-7-13/h1-3,6-7,14H,4-5,8-12H2,(H,19,27)(H,21,22)(H,23,24)(H,25,26). The number of ether oxygens (including phenoxy) is 1. The highest BCUT2D eigenvalue weighted by molar-refractivity contribution is 5.78. The summed E-state index contributed by atoms with van der Waals surface area (Å²) in [5.74, 6) is -3.91. The number of benzene rings is 1. The van der Waals surface area contributed by atoms with Crippen LogP contribution in [0.1, 0.15) is 24.8 Å². The van der Waals surface area contributed by atoms with Crippen LogP contribution in [0.4, 0.5) is 4.79 Å². The van der Waals surface area contributed by atoms with Crippen LogP contribution < -0.4 is 5.32 Å². The van der Waals surface area contributed by atoms with Gasteiger partial charge in [0.15, 0.2) is 0 Å². The van der Waals surface area contributed by atoms with Crippen LogP contribution in [-0.4, -0.2) is 69.9 Å². The van der Waals surface area contributed by atoms with Gasteiger partial charge in [-0.25, -0.2) is 4.79 Å². The zero-order valence-electron chi connectivity index (χ0n) is 15.2. The lowest BCUT2D eigenvalue weighted by molar-refractivity contribution is -0.149. The van der Waals surface area contributed by atoms with Crippen molar-refractivity contribution in [3.05, 3.63) is 35.9 Å². The molecule has 0 aliphatic carbocycles. The molecule has 0 saturated carbocycles. The van der Waals surface area contributed by atoms with Crippen molar-refractivity contribution in [2.24, 2.45) is 0 Å². The molecule has 10 heteroatoms. The number of hydrogen-bond donors (Lipinski definition) is 4. The molecule has 28 heavy (non-hydrogen) atoms. The van der Waals surface area contributed by atoms with Gasteiger partial charge >= 0.3 is 24.0 Å². The first-order chi connectivity index (χ1) is 13.3. The van der Waals surface area contributed by atoms with Gasteiger partial charge in [0, 0.05) is 6.54 Å². The van der Waals surface area contributed by atoms with Crippen molar-refractivity contribution in [2.45, 2.75) is 31.9 Å². The molecule has 0 bridgehead atoms. The highest BCUT2D eigenvalue weighted by Gasteiger charge is 2.28. The number of nitrogens with one attached hydrogen (secondary N) is 1. The van der Waals surface area contributed by atoms with Gasteiger partial charge in [-0.2, -0.15) is 0 Å². The number of unbranched alkanes of at least 4 members (excludes halogenated alkanes) is 1. The molecule has 10 nitrogen and oxygen atoms in total. The zero-order chi connectivity index (χ0) is 20.9. The highest BCUT2D eigenvalue weighted by Crippen LogP contribution is 2.10. The van der Waals surface area contributed by atoms with E-state index >= 15 is 0 Å². The summed E-state index contributed by atoms with van der Waals surface area (Å²) in [5.41, 5.74) is 0.846. The third-order valence-corrected chi connectivity index (χ3v) is 3.79. The number of nitrogens with zero attached hydrogens (tertiary/aromatic N) is 1. The van der Waals surface area contributed by atoms with E-state index in [0.29, 0.717) is 12.8 Å². The predicted molar refractivity (Wildman–Crippen MR) is 96.7 cm³/mol. The van der Waals surface area contributed by atoms with E-state index in [0.717, 1.165) is 10.5 Å². The van der Waals surface area contributed by atoms with E-state index in [1.54, 1.807) is 0 Å². The Morgan fingerprint density at radius 1 is 0.964 bits per heavy atom. The first-order valence-corrected chi connectivity index (χ1v) is 8.64. The van der Waals surface area contributed by atoms with Gasteiger partial charge in [-0.3, -0.25) is 19.3 Å². The van der Waals surface area contributed by atoms with Gasteiger partial charge in [0.1, 0.15) is 12.6 Å². The van der Waals surface area contributed by atoms with Crippen LogP contribution in [-0.2, 0) is 25.7 Å². The number of alkyl carbamates (subject to hydrolysis) is 1. The van der Waals surface area contributed by atoms with E-state index < -0.39 is 43.1 Å². The largest absolute Gasteiger partial charge is 0.480 e. The van der Waals surface area contributed by atoms with Crippen molar-refractivity contribution in [3.8, 4) is 0 Å². The molecule has 1 aromatic carbocycles. The third kappa shape index (κ3) is 9.53. The molecule has 0 saturated heterocycles. The van der Waals surface area contributed by atoms with Gasteiger partial charge in [-0.1, -0.05) is 30.3 Å². The van der Waals surface area contributed by atoms with Crippen LogP contribution in [0.25, 0.3) is 0 Å². The molecule has 0 aliphatic heterocycles. The number of carbonyl (C=O) groups excluding carboxylic acids is 1. The van der Waals surface area contributed by atoms with Crippen molar-refractivity contribution >= 4 is 24.0 Å². The Labute approximate surface area is 161 Å². The number of carboxylic acid groups (broad SMARTS) is 3. The average molecular weight is 396 g/mol. The van der Waals surface area contributed by atoms with Crippen LogP contribution in [0, 0.1) is 0 Å². The summed E-state index contributed by atoms with van der Waals surface area (Å²) < 4.78 is 5.04.